The van der Waals surface area contributed by atoms with Crippen LogP contribution in [-0.2, 0) is 12.8 Å². The summed E-state index contributed by atoms with van der Waals surface area (Å²) in [5.74, 6) is -0.359. The van der Waals surface area contributed by atoms with Crippen molar-refractivity contribution in [2.45, 2.75) is 26.2 Å². The molecule has 1 atom stereocenters. The smallest absolute Gasteiger partial charge is 0.346 e. The van der Waals surface area contributed by atoms with Gasteiger partial charge < -0.3 is 5.11 Å². The van der Waals surface area contributed by atoms with Gasteiger partial charge in [-0.2, -0.15) is 0 Å². The van der Waals surface area contributed by atoms with Crippen LogP contribution in [0, 0.1) is 5.92 Å². The van der Waals surface area contributed by atoms with Crippen LogP contribution in [-0.4, -0.2) is 11.1 Å². The van der Waals surface area contributed by atoms with Crippen molar-refractivity contribution in [1.29, 1.82) is 0 Å². The third-order valence-corrected chi connectivity index (χ3v) is 5.52. The summed E-state index contributed by atoms with van der Waals surface area (Å²) >= 11 is 2.44. The van der Waals surface area contributed by atoms with E-state index in [0.29, 0.717) is 5.92 Å². The minimum Gasteiger partial charge on any atom is -0.477 e. The first-order valence-corrected chi connectivity index (χ1v) is 7.51. The Balaban J connectivity index is 2.29. The molecule has 0 amide bonds. The van der Waals surface area contributed by atoms with Gasteiger partial charge in [-0.1, -0.05) is 18.3 Å². The van der Waals surface area contributed by atoms with Crippen molar-refractivity contribution in [3.05, 3.63) is 30.9 Å². The maximum Gasteiger partial charge on any atom is 0.346 e. The van der Waals surface area contributed by atoms with E-state index in [0.717, 1.165) is 40.7 Å². The molecule has 0 aromatic carbocycles. The third kappa shape index (κ3) is 1.78. The highest BCUT2D eigenvalue weighted by Crippen LogP contribution is 2.37. The van der Waals surface area contributed by atoms with E-state index in [-0.39, 0.29) is 9.62 Å². The number of thiophene rings is 1. The molecule has 5 heteroatoms. The first-order chi connectivity index (χ1) is 8.56. The lowest BCUT2D eigenvalue weighted by molar-refractivity contribution is 0.0702. The monoisotopic (exact) mass is 280 g/mol. The molecule has 3 rings (SSSR count). The van der Waals surface area contributed by atoms with Crippen LogP contribution in [0.15, 0.2) is 10.9 Å². The van der Waals surface area contributed by atoms with Gasteiger partial charge in [0.05, 0.1) is 5.39 Å². The summed E-state index contributed by atoms with van der Waals surface area (Å²) in [6.45, 7) is 2.22. The summed E-state index contributed by atoms with van der Waals surface area (Å²) in [4.78, 5) is 24.5. The van der Waals surface area contributed by atoms with Gasteiger partial charge in [0.2, 0.25) is 4.74 Å². The number of rotatable bonds is 1. The Morgan fingerprint density at radius 1 is 1.44 bits per heavy atom. The van der Waals surface area contributed by atoms with Crippen LogP contribution < -0.4 is 4.74 Å². The molecule has 2 heterocycles. The standard InChI is InChI=1S/C13H12O3S2/c1-6-2-3-7-8(4-6)17-9-5-10(12(14)15)18-13(16)11(7)9/h5-6H,2-4H2,1H3,(H,14,15). The van der Waals surface area contributed by atoms with E-state index in [1.54, 1.807) is 17.4 Å². The average Bonchev–Trinajstić information content (AvgIpc) is 2.66. The van der Waals surface area contributed by atoms with Crippen LogP contribution in [0.4, 0.5) is 0 Å². The molecular weight excluding hydrogens is 268 g/mol. The second kappa shape index (κ2) is 4.17. The summed E-state index contributed by atoms with van der Waals surface area (Å²) in [5.41, 5.74) is 1.17. The lowest BCUT2D eigenvalue weighted by Gasteiger charge is -2.17. The van der Waals surface area contributed by atoms with E-state index in [2.05, 4.69) is 6.92 Å². The number of carboxylic acid groups (broad SMARTS) is 1. The Bertz CT molecular complexity index is 696. The first kappa shape index (κ1) is 11.9. The van der Waals surface area contributed by atoms with E-state index < -0.39 is 5.97 Å². The quantitative estimate of drug-likeness (QED) is 0.873. The SMILES string of the molecule is CC1CCc2c(sc3cc(C(=O)O)sc(=O)c23)C1. The molecule has 94 valence electrons. The van der Waals surface area contributed by atoms with Gasteiger partial charge in [0.25, 0.3) is 0 Å². The van der Waals surface area contributed by atoms with Crippen molar-refractivity contribution in [1.82, 2.24) is 0 Å². The summed E-state index contributed by atoms with van der Waals surface area (Å²) in [7, 11) is 0. The van der Waals surface area contributed by atoms with Gasteiger partial charge >= 0.3 is 5.97 Å². The summed E-state index contributed by atoms with van der Waals surface area (Å²) in [6, 6.07) is 1.65. The number of fused-ring (bicyclic) bond motifs is 3. The molecule has 1 N–H and O–H groups in total. The molecule has 0 spiro atoms. The summed E-state index contributed by atoms with van der Waals surface area (Å²) in [5, 5.41) is 9.76. The molecular formula is C13H12O3S2. The van der Waals surface area contributed by atoms with E-state index in [1.165, 1.54) is 10.4 Å². The average molecular weight is 280 g/mol. The van der Waals surface area contributed by atoms with Crippen LogP contribution in [0.2, 0.25) is 0 Å². The maximum absolute atomic E-state index is 12.1. The molecule has 2 aromatic heterocycles. The predicted molar refractivity (Wildman–Crippen MR) is 74.1 cm³/mol. The Kier molecular flexibility index (Phi) is 2.75. The largest absolute Gasteiger partial charge is 0.477 e. The fourth-order valence-corrected chi connectivity index (χ4v) is 4.90. The number of hydrogen-bond acceptors (Lipinski definition) is 4. The fourth-order valence-electron chi connectivity index (χ4n) is 2.50. The van der Waals surface area contributed by atoms with Crippen LogP contribution >= 0.6 is 22.7 Å². The molecule has 3 nitrogen and oxygen atoms in total. The Labute approximate surface area is 112 Å². The second-order valence-electron chi connectivity index (χ2n) is 4.79. The molecule has 1 aliphatic rings. The van der Waals surface area contributed by atoms with E-state index in [9.17, 15) is 9.59 Å². The Morgan fingerprint density at radius 2 is 2.22 bits per heavy atom. The lowest BCUT2D eigenvalue weighted by Crippen LogP contribution is -2.10. The minimum atomic E-state index is -1.02. The molecule has 18 heavy (non-hydrogen) atoms. The number of carboxylic acids is 1. The van der Waals surface area contributed by atoms with E-state index in [1.807, 2.05) is 0 Å². The highest BCUT2D eigenvalue weighted by molar-refractivity contribution is 7.20. The molecule has 0 radical (unpaired) electrons. The van der Waals surface area contributed by atoms with Gasteiger partial charge in [0.15, 0.2) is 0 Å². The van der Waals surface area contributed by atoms with Crippen LogP contribution in [0.5, 0.6) is 0 Å². The normalized spacial score (nSPS) is 18.8. The molecule has 0 fully saturated rings. The molecule has 0 bridgehead atoms. The summed E-state index contributed by atoms with van der Waals surface area (Å²) in [6.07, 6.45) is 3.08. The van der Waals surface area contributed by atoms with Gasteiger partial charge in [-0.15, -0.1) is 11.3 Å². The fraction of sp³-hybridized carbons (Fsp3) is 0.385. The highest BCUT2D eigenvalue weighted by Gasteiger charge is 2.22. The number of carbonyl (C=O) groups is 1. The maximum atomic E-state index is 12.1. The van der Waals surface area contributed by atoms with Crippen molar-refractivity contribution < 1.29 is 9.90 Å². The van der Waals surface area contributed by atoms with Crippen molar-refractivity contribution in [2.75, 3.05) is 0 Å². The number of aromatic carboxylic acids is 1. The molecule has 0 saturated carbocycles. The molecule has 1 unspecified atom stereocenters. The van der Waals surface area contributed by atoms with E-state index >= 15 is 0 Å². The van der Waals surface area contributed by atoms with Gasteiger partial charge in [0.1, 0.15) is 4.88 Å². The summed E-state index contributed by atoms with van der Waals surface area (Å²) < 4.78 is 0.743. The van der Waals surface area contributed by atoms with Gasteiger partial charge in [-0.25, -0.2) is 4.79 Å². The van der Waals surface area contributed by atoms with Crippen LogP contribution in [0.1, 0.15) is 33.5 Å². The zero-order valence-electron chi connectivity index (χ0n) is 9.86. The zero-order valence-corrected chi connectivity index (χ0v) is 11.5. The number of hydrogen-bond donors (Lipinski definition) is 1. The zero-order chi connectivity index (χ0) is 12.9. The molecule has 2 aromatic rings. The van der Waals surface area contributed by atoms with Gasteiger partial charge in [-0.3, -0.25) is 4.79 Å². The minimum absolute atomic E-state index is 0.100. The molecule has 1 aliphatic carbocycles. The van der Waals surface area contributed by atoms with Crippen molar-refractivity contribution >= 4 is 38.7 Å². The van der Waals surface area contributed by atoms with Crippen molar-refractivity contribution in [3.8, 4) is 0 Å². The topological polar surface area (TPSA) is 54.4 Å². The number of aryl methyl sites for hydroxylation is 1. The van der Waals surface area contributed by atoms with Crippen LogP contribution in [0.25, 0.3) is 10.1 Å². The molecule has 0 aliphatic heterocycles. The van der Waals surface area contributed by atoms with E-state index in [4.69, 9.17) is 5.11 Å². The lowest BCUT2D eigenvalue weighted by atomic mass is 9.89. The van der Waals surface area contributed by atoms with Gasteiger partial charge in [-0.05, 0) is 36.8 Å². The predicted octanol–water partition coefficient (Wildman–Crippen LogP) is 3.15. The Morgan fingerprint density at radius 3 is 2.94 bits per heavy atom. The van der Waals surface area contributed by atoms with Gasteiger partial charge in [0, 0.05) is 9.58 Å². The third-order valence-electron chi connectivity index (χ3n) is 3.42. The first-order valence-electron chi connectivity index (χ1n) is 5.88. The van der Waals surface area contributed by atoms with Crippen molar-refractivity contribution in [2.24, 2.45) is 5.92 Å². The molecule has 0 saturated heterocycles. The van der Waals surface area contributed by atoms with Crippen molar-refractivity contribution in [3.63, 3.8) is 0 Å². The second-order valence-corrected chi connectivity index (χ2v) is 6.95. The Hall–Kier alpha value is -1.20. The van der Waals surface area contributed by atoms with Crippen LogP contribution in [0.3, 0.4) is 0 Å². The highest BCUT2D eigenvalue weighted by atomic mass is 32.1.